The van der Waals surface area contributed by atoms with Crippen molar-refractivity contribution in [1.29, 1.82) is 0 Å². The smallest absolute Gasteiger partial charge is 0.212 e. The Kier molecular flexibility index (Phi) is 6.44. The molecule has 0 unspecified atom stereocenters. The average molecular weight is 366 g/mol. The molecule has 0 atom stereocenters. The SMILES string of the molecule is CCCOc1ccccc1/C=N\n1cnnc1SCc1ccc(C)cc1. The van der Waals surface area contributed by atoms with Crippen LogP contribution in [0.15, 0.2) is 65.1 Å². The molecule has 134 valence electrons. The molecule has 1 aromatic heterocycles. The zero-order chi connectivity index (χ0) is 18.2. The largest absolute Gasteiger partial charge is 0.493 e. The van der Waals surface area contributed by atoms with Crippen molar-refractivity contribution >= 4 is 18.0 Å². The number of hydrogen-bond acceptors (Lipinski definition) is 5. The van der Waals surface area contributed by atoms with Gasteiger partial charge in [-0.25, -0.2) is 0 Å². The Morgan fingerprint density at radius 2 is 1.96 bits per heavy atom. The van der Waals surface area contributed by atoms with Crippen LogP contribution in [-0.4, -0.2) is 27.7 Å². The summed E-state index contributed by atoms with van der Waals surface area (Å²) in [4.78, 5) is 0. The fraction of sp³-hybridized carbons (Fsp3) is 0.250. The van der Waals surface area contributed by atoms with E-state index in [2.05, 4.69) is 53.4 Å². The number of rotatable bonds is 8. The lowest BCUT2D eigenvalue weighted by Crippen LogP contribution is -1.99. The van der Waals surface area contributed by atoms with Gasteiger partial charge < -0.3 is 4.74 Å². The van der Waals surface area contributed by atoms with Gasteiger partial charge in [-0.2, -0.15) is 9.78 Å². The molecule has 0 aliphatic heterocycles. The quantitative estimate of drug-likeness (QED) is 0.433. The first kappa shape index (κ1) is 18.2. The van der Waals surface area contributed by atoms with Gasteiger partial charge in [-0.1, -0.05) is 60.6 Å². The molecule has 0 aliphatic carbocycles. The van der Waals surface area contributed by atoms with Gasteiger partial charge in [0.15, 0.2) is 0 Å². The van der Waals surface area contributed by atoms with Gasteiger partial charge in [0.1, 0.15) is 12.1 Å². The highest BCUT2D eigenvalue weighted by Gasteiger charge is 2.05. The van der Waals surface area contributed by atoms with Crippen LogP contribution in [-0.2, 0) is 5.75 Å². The maximum Gasteiger partial charge on any atom is 0.212 e. The Morgan fingerprint density at radius 3 is 2.77 bits per heavy atom. The second-order valence-electron chi connectivity index (χ2n) is 5.86. The molecule has 1 heterocycles. The molecule has 3 rings (SSSR count). The number of nitrogens with zero attached hydrogens (tertiary/aromatic N) is 4. The maximum atomic E-state index is 5.76. The van der Waals surface area contributed by atoms with E-state index >= 15 is 0 Å². The molecule has 3 aromatic rings. The number of thioether (sulfide) groups is 1. The highest BCUT2D eigenvalue weighted by molar-refractivity contribution is 7.98. The first-order valence-corrected chi connectivity index (χ1v) is 9.59. The Hall–Kier alpha value is -2.60. The third-order valence-electron chi connectivity index (χ3n) is 3.69. The lowest BCUT2D eigenvalue weighted by atomic mass is 10.2. The van der Waals surface area contributed by atoms with Gasteiger partial charge in [-0.3, -0.25) is 0 Å². The first-order valence-electron chi connectivity index (χ1n) is 8.61. The fourth-order valence-corrected chi connectivity index (χ4v) is 3.10. The summed E-state index contributed by atoms with van der Waals surface area (Å²) in [5.74, 6) is 1.66. The predicted octanol–water partition coefficient (Wildman–Crippen LogP) is 4.55. The zero-order valence-electron chi connectivity index (χ0n) is 15.0. The summed E-state index contributed by atoms with van der Waals surface area (Å²) >= 11 is 1.61. The molecule has 0 spiro atoms. The van der Waals surface area contributed by atoms with Gasteiger partial charge in [0.2, 0.25) is 5.16 Å². The summed E-state index contributed by atoms with van der Waals surface area (Å²) in [5.41, 5.74) is 3.44. The van der Waals surface area contributed by atoms with Crippen molar-refractivity contribution in [2.75, 3.05) is 6.61 Å². The molecule has 6 heteroatoms. The average Bonchev–Trinajstić information content (AvgIpc) is 3.12. The molecule has 5 nitrogen and oxygen atoms in total. The number of aryl methyl sites for hydroxylation is 1. The highest BCUT2D eigenvalue weighted by atomic mass is 32.2. The van der Waals surface area contributed by atoms with Crippen molar-refractivity contribution in [2.24, 2.45) is 5.10 Å². The minimum absolute atomic E-state index is 0.690. The number of aromatic nitrogens is 3. The molecular formula is C20H22N4OS. The topological polar surface area (TPSA) is 52.3 Å². The molecule has 0 N–H and O–H groups in total. The normalized spacial score (nSPS) is 11.2. The first-order chi connectivity index (χ1) is 12.8. The van der Waals surface area contributed by atoms with Crippen LogP contribution in [0.25, 0.3) is 0 Å². The minimum atomic E-state index is 0.690. The van der Waals surface area contributed by atoms with Crippen molar-refractivity contribution in [3.8, 4) is 5.75 Å². The van der Waals surface area contributed by atoms with Crippen LogP contribution < -0.4 is 4.74 Å². The number of benzene rings is 2. The van der Waals surface area contributed by atoms with E-state index in [9.17, 15) is 0 Å². The van der Waals surface area contributed by atoms with Crippen LogP contribution in [0.4, 0.5) is 0 Å². The Bertz CT molecular complexity index is 858. The minimum Gasteiger partial charge on any atom is -0.493 e. The standard InChI is InChI=1S/C20H22N4OS/c1-3-12-25-19-7-5-4-6-18(19)13-22-24-15-21-23-20(24)26-14-17-10-8-16(2)9-11-17/h4-11,13,15H,3,12,14H2,1-2H3/b22-13-. The summed E-state index contributed by atoms with van der Waals surface area (Å²) in [6.45, 7) is 4.87. The second kappa shape index (κ2) is 9.20. The van der Waals surface area contributed by atoms with Crippen LogP contribution in [0.1, 0.15) is 30.0 Å². The van der Waals surface area contributed by atoms with Crippen LogP contribution in [0.3, 0.4) is 0 Å². The third kappa shape index (κ3) is 4.95. The third-order valence-corrected chi connectivity index (χ3v) is 4.70. The van der Waals surface area contributed by atoms with E-state index in [1.165, 1.54) is 11.1 Å². The van der Waals surface area contributed by atoms with Gasteiger partial charge in [0, 0.05) is 11.3 Å². The summed E-state index contributed by atoms with van der Waals surface area (Å²) < 4.78 is 7.45. The van der Waals surface area contributed by atoms with Crippen molar-refractivity contribution in [3.63, 3.8) is 0 Å². The summed E-state index contributed by atoms with van der Waals surface area (Å²) in [6.07, 6.45) is 4.37. The second-order valence-corrected chi connectivity index (χ2v) is 6.81. The van der Waals surface area contributed by atoms with E-state index in [1.54, 1.807) is 29.0 Å². The molecule has 26 heavy (non-hydrogen) atoms. The van der Waals surface area contributed by atoms with E-state index in [1.807, 2.05) is 24.3 Å². The van der Waals surface area contributed by atoms with Crippen molar-refractivity contribution in [1.82, 2.24) is 14.9 Å². The van der Waals surface area contributed by atoms with Crippen molar-refractivity contribution in [3.05, 3.63) is 71.5 Å². The summed E-state index contributed by atoms with van der Waals surface area (Å²) in [5, 5.41) is 13.4. The molecular weight excluding hydrogens is 344 g/mol. The molecule has 0 fully saturated rings. The zero-order valence-corrected chi connectivity index (χ0v) is 15.8. The molecule has 0 bridgehead atoms. The van der Waals surface area contributed by atoms with Gasteiger partial charge in [-0.15, -0.1) is 10.2 Å². The summed E-state index contributed by atoms with van der Waals surface area (Å²) in [7, 11) is 0. The van der Waals surface area contributed by atoms with Crippen LogP contribution in [0.2, 0.25) is 0 Å². The van der Waals surface area contributed by atoms with Crippen molar-refractivity contribution in [2.45, 2.75) is 31.2 Å². The molecule has 0 radical (unpaired) electrons. The van der Waals surface area contributed by atoms with E-state index in [-0.39, 0.29) is 0 Å². The van der Waals surface area contributed by atoms with E-state index in [0.29, 0.717) is 6.61 Å². The fourth-order valence-electron chi connectivity index (χ4n) is 2.28. The maximum absolute atomic E-state index is 5.76. The highest BCUT2D eigenvalue weighted by Crippen LogP contribution is 2.21. The number of para-hydroxylation sites is 1. The number of hydrogen-bond donors (Lipinski definition) is 0. The van der Waals surface area contributed by atoms with Gasteiger partial charge in [0.25, 0.3) is 0 Å². The summed E-state index contributed by atoms with van der Waals surface area (Å²) in [6, 6.07) is 16.4. The Balaban J connectivity index is 1.69. The predicted molar refractivity (Wildman–Crippen MR) is 106 cm³/mol. The molecule has 0 saturated heterocycles. The van der Waals surface area contributed by atoms with E-state index < -0.39 is 0 Å². The van der Waals surface area contributed by atoms with Crippen molar-refractivity contribution < 1.29 is 4.74 Å². The van der Waals surface area contributed by atoms with E-state index in [0.717, 1.165) is 28.6 Å². The molecule has 0 saturated carbocycles. The van der Waals surface area contributed by atoms with E-state index in [4.69, 9.17) is 4.74 Å². The van der Waals surface area contributed by atoms with Gasteiger partial charge >= 0.3 is 0 Å². The van der Waals surface area contributed by atoms with Gasteiger partial charge in [-0.05, 0) is 31.0 Å². The van der Waals surface area contributed by atoms with Gasteiger partial charge in [0.05, 0.1) is 12.8 Å². The Labute approximate surface area is 158 Å². The number of ether oxygens (including phenoxy) is 1. The van der Waals surface area contributed by atoms with Crippen LogP contribution >= 0.6 is 11.8 Å². The van der Waals surface area contributed by atoms with Crippen LogP contribution in [0.5, 0.6) is 5.75 Å². The molecule has 2 aromatic carbocycles. The van der Waals surface area contributed by atoms with Crippen LogP contribution in [0, 0.1) is 6.92 Å². The monoisotopic (exact) mass is 366 g/mol. The lowest BCUT2D eigenvalue weighted by Gasteiger charge is -2.07. The molecule has 0 aliphatic rings. The Morgan fingerprint density at radius 1 is 1.15 bits per heavy atom. The molecule has 0 amide bonds. The lowest BCUT2D eigenvalue weighted by molar-refractivity contribution is 0.317.